The Kier molecular flexibility index (Phi) is 6.36. The van der Waals surface area contributed by atoms with E-state index in [4.69, 9.17) is 23.2 Å². The number of nitrogens with one attached hydrogen (secondary N) is 2. The summed E-state index contributed by atoms with van der Waals surface area (Å²) in [6, 6.07) is 4.83. The Balaban J connectivity index is 0.00000180. The van der Waals surface area contributed by atoms with Gasteiger partial charge < -0.3 is 5.32 Å². The molecule has 108 valence electrons. The van der Waals surface area contributed by atoms with Gasteiger partial charge in [-0.25, -0.2) is 13.1 Å². The van der Waals surface area contributed by atoms with Crippen molar-refractivity contribution in [3.05, 3.63) is 33.8 Å². The molecule has 2 rings (SSSR count). The molecular formula is C11H15Cl3N2O2S. The van der Waals surface area contributed by atoms with E-state index in [1.807, 2.05) is 0 Å². The monoisotopic (exact) mass is 344 g/mol. The summed E-state index contributed by atoms with van der Waals surface area (Å²) in [6.07, 6.45) is 0.820. The van der Waals surface area contributed by atoms with Crippen molar-refractivity contribution in [1.29, 1.82) is 0 Å². The highest BCUT2D eigenvalue weighted by Gasteiger charge is 2.21. The molecule has 1 aliphatic rings. The molecule has 1 aromatic carbocycles. The molecule has 1 saturated heterocycles. The number of rotatable bonds is 4. The van der Waals surface area contributed by atoms with Gasteiger partial charge in [0, 0.05) is 12.6 Å². The van der Waals surface area contributed by atoms with Crippen molar-refractivity contribution in [3.8, 4) is 0 Å². The molecule has 1 aromatic rings. The average molecular weight is 346 g/mol. The van der Waals surface area contributed by atoms with Gasteiger partial charge in [0.05, 0.1) is 15.8 Å². The van der Waals surface area contributed by atoms with E-state index in [9.17, 15) is 8.42 Å². The summed E-state index contributed by atoms with van der Waals surface area (Å²) < 4.78 is 26.5. The first kappa shape index (κ1) is 17.0. The topological polar surface area (TPSA) is 58.2 Å². The van der Waals surface area contributed by atoms with Crippen LogP contribution in [0.5, 0.6) is 0 Å². The first-order valence-electron chi connectivity index (χ1n) is 5.61. The third-order valence-electron chi connectivity index (χ3n) is 2.75. The largest absolute Gasteiger partial charge is 0.315 e. The standard InChI is InChI=1S/C11H14Cl2N2O2S.ClH/c12-10-2-1-8(5-11(10)13)7-18(16,17)15-9-3-4-14-6-9;/h1-2,5,9,14-15H,3-4,6-7H2;1H. The maximum atomic E-state index is 11.9. The molecule has 0 saturated carbocycles. The molecule has 1 unspecified atom stereocenters. The molecule has 1 aliphatic heterocycles. The van der Waals surface area contributed by atoms with Gasteiger partial charge in [0.25, 0.3) is 0 Å². The van der Waals surface area contributed by atoms with E-state index in [1.54, 1.807) is 18.2 Å². The molecule has 0 radical (unpaired) electrons. The minimum absolute atomic E-state index is 0. The Bertz CT molecular complexity index is 531. The van der Waals surface area contributed by atoms with E-state index >= 15 is 0 Å². The van der Waals surface area contributed by atoms with E-state index in [-0.39, 0.29) is 24.2 Å². The van der Waals surface area contributed by atoms with Crippen molar-refractivity contribution in [1.82, 2.24) is 10.0 Å². The van der Waals surface area contributed by atoms with Crippen molar-refractivity contribution in [2.24, 2.45) is 0 Å². The summed E-state index contributed by atoms with van der Waals surface area (Å²) >= 11 is 11.6. The Morgan fingerprint density at radius 1 is 1.32 bits per heavy atom. The summed E-state index contributed by atoms with van der Waals surface area (Å²) in [4.78, 5) is 0. The molecule has 19 heavy (non-hydrogen) atoms. The van der Waals surface area contributed by atoms with Gasteiger partial charge in [-0.2, -0.15) is 0 Å². The van der Waals surface area contributed by atoms with Gasteiger partial charge in [0.2, 0.25) is 10.0 Å². The number of hydrogen-bond acceptors (Lipinski definition) is 3. The minimum atomic E-state index is -3.34. The second-order valence-corrected chi connectivity index (χ2v) is 6.88. The fourth-order valence-corrected chi connectivity index (χ4v) is 3.63. The lowest BCUT2D eigenvalue weighted by molar-refractivity contribution is 0.559. The molecule has 2 N–H and O–H groups in total. The van der Waals surface area contributed by atoms with Crippen molar-refractivity contribution in [2.45, 2.75) is 18.2 Å². The average Bonchev–Trinajstić information content (AvgIpc) is 2.75. The third-order valence-corrected chi connectivity index (χ3v) is 4.89. The lowest BCUT2D eigenvalue weighted by atomic mass is 10.2. The van der Waals surface area contributed by atoms with Crippen LogP contribution in [0.1, 0.15) is 12.0 Å². The molecular weight excluding hydrogens is 331 g/mol. The van der Waals surface area contributed by atoms with Crippen LogP contribution in [0, 0.1) is 0 Å². The van der Waals surface area contributed by atoms with E-state index < -0.39 is 10.0 Å². The first-order chi connectivity index (χ1) is 8.46. The zero-order valence-electron chi connectivity index (χ0n) is 10.0. The maximum Gasteiger partial charge on any atom is 0.216 e. The van der Waals surface area contributed by atoms with Crippen molar-refractivity contribution < 1.29 is 8.42 Å². The molecule has 0 amide bonds. The van der Waals surface area contributed by atoms with Gasteiger partial charge in [-0.05, 0) is 30.7 Å². The third kappa shape index (κ3) is 5.10. The highest BCUT2D eigenvalue weighted by Crippen LogP contribution is 2.23. The Labute approximate surface area is 129 Å². The lowest BCUT2D eigenvalue weighted by Gasteiger charge is -2.12. The van der Waals surface area contributed by atoms with E-state index in [2.05, 4.69) is 10.0 Å². The van der Waals surface area contributed by atoms with Gasteiger partial charge in [0.1, 0.15) is 0 Å². The van der Waals surface area contributed by atoms with Crippen LogP contribution in [0.25, 0.3) is 0 Å². The van der Waals surface area contributed by atoms with Crippen LogP contribution in [0.2, 0.25) is 10.0 Å². The lowest BCUT2D eigenvalue weighted by Crippen LogP contribution is -2.36. The second kappa shape index (κ2) is 7.11. The quantitative estimate of drug-likeness (QED) is 0.879. The van der Waals surface area contributed by atoms with Crippen LogP contribution in [-0.4, -0.2) is 27.5 Å². The smallest absolute Gasteiger partial charge is 0.216 e. The van der Waals surface area contributed by atoms with Gasteiger partial charge in [-0.3, -0.25) is 0 Å². The van der Waals surface area contributed by atoms with E-state index in [1.165, 1.54) is 0 Å². The zero-order chi connectivity index (χ0) is 13.2. The highest BCUT2D eigenvalue weighted by atomic mass is 35.5. The van der Waals surface area contributed by atoms with Crippen molar-refractivity contribution in [3.63, 3.8) is 0 Å². The Morgan fingerprint density at radius 3 is 2.63 bits per heavy atom. The van der Waals surface area contributed by atoms with Crippen LogP contribution in [-0.2, 0) is 15.8 Å². The molecule has 0 bridgehead atoms. The van der Waals surface area contributed by atoms with Crippen LogP contribution < -0.4 is 10.0 Å². The van der Waals surface area contributed by atoms with Crippen molar-refractivity contribution in [2.75, 3.05) is 13.1 Å². The summed E-state index contributed by atoms with van der Waals surface area (Å²) in [6.45, 7) is 1.53. The number of sulfonamides is 1. The number of hydrogen-bond donors (Lipinski definition) is 2. The molecule has 8 heteroatoms. The van der Waals surface area contributed by atoms with Crippen LogP contribution in [0.3, 0.4) is 0 Å². The van der Waals surface area contributed by atoms with Crippen LogP contribution in [0.15, 0.2) is 18.2 Å². The fraction of sp³-hybridized carbons (Fsp3) is 0.455. The van der Waals surface area contributed by atoms with E-state index in [0.717, 1.165) is 13.0 Å². The van der Waals surface area contributed by atoms with Crippen molar-refractivity contribution >= 4 is 45.6 Å². The first-order valence-corrected chi connectivity index (χ1v) is 8.02. The van der Waals surface area contributed by atoms with Gasteiger partial charge in [0.15, 0.2) is 0 Å². The summed E-state index contributed by atoms with van der Waals surface area (Å²) in [5.41, 5.74) is 0.628. The molecule has 0 aromatic heterocycles. The Hall–Kier alpha value is -0.0400. The molecule has 0 spiro atoms. The van der Waals surface area contributed by atoms with Gasteiger partial charge in [-0.15, -0.1) is 12.4 Å². The SMILES string of the molecule is Cl.O=S(=O)(Cc1ccc(Cl)c(Cl)c1)NC1CCNC1. The predicted molar refractivity (Wildman–Crippen MR) is 80.7 cm³/mol. The van der Waals surface area contributed by atoms with Crippen LogP contribution >= 0.6 is 35.6 Å². The van der Waals surface area contributed by atoms with Crippen LogP contribution in [0.4, 0.5) is 0 Å². The van der Waals surface area contributed by atoms with Gasteiger partial charge >= 0.3 is 0 Å². The molecule has 0 aliphatic carbocycles. The fourth-order valence-electron chi connectivity index (χ4n) is 1.90. The summed E-state index contributed by atoms with van der Waals surface area (Å²) in [7, 11) is -3.34. The number of halogens is 3. The molecule has 1 heterocycles. The number of benzene rings is 1. The second-order valence-electron chi connectivity index (χ2n) is 4.32. The zero-order valence-corrected chi connectivity index (χ0v) is 13.2. The summed E-state index contributed by atoms with van der Waals surface area (Å²) in [5, 5.41) is 3.90. The van der Waals surface area contributed by atoms with Gasteiger partial charge in [-0.1, -0.05) is 29.3 Å². The Morgan fingerprint density at radius 2 is 2.05 bits per heavy atom. The highest BCUT2D eigenvalue weighted by molar-refractivity contribution is 7.88. The normalized spacial score (nSPS) is 19.2. The van der Waals surface area contributed by atoms with E-state index in [0.29, 0.717) is 22.2 Å². The molecule has 1 atom stereocenters. The minimum Gasteiger partial charge on any atom is -0.315 e. The molecule has 4 nitrogen and oxygen atoms in total. The maximum absolute atomic E-state index is 11.9. The predicted octanol–water partition coefficient (Wildman–Crippen LogP) is 2.20. The summed E-state index contributed by atoms with van der Waals surface area (Å²) in [5.74, 6) is -0.0829. The molecule has 1 fully saturated rings.